The van der Waals surface area contributed by atoms with Gasteiger partial charge in [-0.15, -0.1) is 11.3 Å². The van der Waals surface area contributed by atoms with Crippen molar-refractivity contribution < 1.29 is 19.1 Å². The van der Waals surface area contributed by atoms with Crippen LogP contribution in [0.1, 0.15) is 15.2 Å². The fraction of sp³-hybridized carbons (Fsp3) is 0.133. The van der Waals surface area contributed by atoms with Gasteiger partial charge in [0.15, 0.2) is 6.61 Å². The first-order chi connectivity index (χ1) is 10.6. The summed E-state index contributed by atoms with van der Waals surface area (Å²) < 4.78 is 4.82. The molecule has 0 saturated carbocycles. The van der Waals surface area contributed by atoms with Crippen LogP contribution in [0.4, 0.5) is 0 Å². The number of ether oxygens (including phenoxy) is 1. The molecule has 114 valence electrons. The molecule has 0 aliphatic heterocycles. The molecular formula is C15H14N2O4S. The molecule has 0 unspecified atom stereocenters. The van der Waals surface area contributed by atoms with Crippen LogP contribution < -0.4 is 10.9 Å². The molecule has 0 aliphatic rings. The van der Waals surface area contributed by atoms with Gasteiger partial charge in [0.2, 0.25) is 0 Å². The number of hydrazine groups is 1. The van der Waals surface area contributed by atoms with Gasteiger partial charge in [-0.05, 0) is 23.6 Å². The quantitative estimate of drug-likeness (QED) is 0.643. The van der Waals surface area contributed by atoms with Gasteiger partial charge in [-0.2, -0.15) is 0 Å². The van der Waals surface area contributed by atoms with E-state index in [-0.39, 0.29) is 6.42 Å². The number of benzene rings is 1. The highest BCUT2D eigenvalue weighted by Crippen LogP contribution is 2.09. The summed E-state index contributed by atoms with van der Waals surface area (Å²) in [4.78, 5) is 35.5. The van der Waals surface area contributed by atoms with E-state index < -0.39 is 24.4 Å². The average molecular weight is 318 g/mol. The van der Waals surface area contributed by atoms with Crippen molar-refractivity contribution >= 4 is 29.1 Å². The monoisotopic (exact) mass is 318 g/mol. The molecule has 0 bridgehead atoms. The summed E-state index contributed by atoms with van der Waals surface area (Å²) in [6.45, 7) is -0.445. The Balaban J connectivity index is 1.67. The van der Waals surface area contributed by atoms with Crippen molar-refractivity contribution in [3.8, 4) is 0 Å². The third-order valence-corrected chi connectivity index (χ3v) is 3.49. The fourth-order valence-corrected chi connectivity index (χ4v) is 2.27. The van der Waals surface area contributed by atoms with E-state index in [2.05, 4.69) is 10.9 Å². The van der Waals surface area contributed by atoms with Crippen LogP contribution in [0.5, 0.6) is 0 Å². The van der Waals surface area contributed by atoms with Gasteiger partial charge in [0, 0.05) is 10.4 Å². The zero-order valence-corrected chi connectivity index (χ0v) is 12.4. The van der Waals surface area contributed by atoms with E-state index >= 15 is 0 Å². The van der Waals surface area contributed by atoms with Crippen LogP contribution >= 0.6 is 11.3 Å². The number of carbonyl (C=O) groups excluding carboxylic acids is 3. The van der Waals surface area contributed by atoms with Crippen molar-refractivity contribution in [1.82, 2.24) is 10.9 Å². The molecule has 2 N–H and O–H groups in total. The van der Waals surface area contributed by atoms with Crippen molar-refractivity contribution in [3.05, 3.63) is 58.3 Å². The summed E-state index contributed by atoms with van der Waals surface area (Å²) in [6.07, 6.45) is 0.126. The lowest BCUT2D eigenvalue weighted by molar-refractivity contribution is -0.148. The number of hydrogen-bond donors (Lipinski definition) is 2. The summed E-state index contributed by atoms with van der Waals surface area (Å²) in [7, 11) is 0. The SMILES string of the molecule is O=C(COC(=O)Cc1cccs1)NNC(=O)c1ccccc1. The molecule has 0 spiro atoms. The van der Waals surface area contributed by atoms with Gasteiger partial charge in [-0.25, -0.2) is 0 Å². The molecule has 0 aliphatic carbocycles. The van der Waals surface area contributed by atoms with E-state index in [1.54, 1.807) is 30.3 Å². The predicted octanol–water partition coefficient (Wildman–Crippen LogP) is 1.29. The molecule has 1 aromatic heterocycles. The first-order valence-corrected chi connectivity index (χ1v) is 7.35. The second kappa shape index (κ2) is 7.94. The first-order valence-electron chi connectivity index (χ1n) is 6.47. The molecule has 0 fully saturated rings. The Morgan fingerprint density at radius 2 is 1.77 bits per heavy atom. The summed E-state index contributed by atoms with van der Waals surface area (Å²) in [5, 5.41) is 1.86. The van der Waals surface area contributed by atoms with Gasteiger partial charge in [0.1, 0.15) is 0 Å². The number of esters is 1. The molecule has 0 atom stereocenters. The van der Waals surface area contributed by atoms with E-state index in [1.807, 2.05) is 17.5 Å². The highest BCUT2D eigenvalue weighted by atomic mass is 32.1. The fourth-order valence-electron chi connectivity index (χ4n) is 1.58. The Hall–Kier alpha value is -2.67. The van der Waals surface area contributed by atoms with Crippen LogP contribution in [0, 0.1) is 0 Å². The van der Waals surface area contributed by atoms with Crippen molar-refractivity contribution in [1.29, 1.82) is 0 Å². The Bertz CT molecular complexity index is 641. The van der Waals surface area contributed by atoms with Crippen LogP contribution in [0.25, 0.3) is 0 Å². The van der Waals surface area contributed by atoms with E-state index in [4.69, 9.17) is 4.74 Å². The van der Waals surface area contributed by atoms with Gasteiger partial charge in [0.25, 0.3) is 11.8 Å². The highest BCUT2D eigenvalue weighted by molar-refractivity contribution is 7.10. The molecule has 7 heteroatoms. The Morgan fingerprint density at radius 1 is 1.00 bits per heavy atom. The summed E-state index contributed by atoms with van der Waals surface area (Å²) in [5.74, 6) is -1.55. The lowest BCUT2D eigenvalue weighted by Crippen LogP contribution is -2.43. The minimum atomic E-state index is -0.608. The van der Waals surface area contributed by atoms with E-state index in [0.29, 0.717) is 5.56 Å². The van der Waals surface area contributed by atoms with Gasteiger partial charge in [0.05, 0.1) is 6.42 Å². The molecule has 0 saturated heterocycles. The second-order valence-corrected chi connectivity index (χ2v) is 5.32. The average Bonchev–Trinajstić information content (AvgIpc) is 3.04. The normalized spacial score (nSPS) is 9.82. The molecule has 2 aromatic rings. The molecule has 6 nitrogen and oxygen atoms in total. The standard InChI is InChI=1S/C15H14N2O4S/c18-13(10-21-14(19)9-12-7-4-8-22-12)16-17-15(20)11-5-2-1-3-6-11/h1-8H,9-10H2,(H,16,18)(H,17,20). The van der Waals surface area contributed by atoms with Gasteiger partial charge in [-0.1, -0.05) is 24.3 Å². The third kappa shape index (κ3) is 5.02. The highest BCUT2D eigenvalue weighted by Gasteiger charge is 2.10. The van der Waals surface area contributed by atoms with E-state index in [1.165, 1.54) is 11.3 Å². The first kappa shape index (κ1) is 15.7. The Morgan fingerprint density at radius 3 is 2.45 bits per heavy atom. The molecule has 1 aromatic carbocycles. The Labute approximate surface area is 131 Å². The van der Waals surface area contributed by atoms with Gasteiger partial charge >= 0.3 is 5.97 Å². The molecule has 2 amide bonds. The number of nitrogens with one attached hydrogen (secondary N) is 2. The third-order valence-electron chi connectivity index (χ3n) is 2.61. The van der Waals surface area contributed by atoms with Crippen LogP contribution in [-0.2, 0) is 20.7 Å². The largest absolute Gasteiger partial charge is 0.455 e. The lowest BCUT2D eigenvalue weighted by Gasteiger charge is -2.07. The van der Waals surface area contributed by atoms with Crippen LogP contribution in [0.15, 0.2) is 47.8 Å². The maximum Gasteiger partial charge on any atom is 0.311 e. The minimum Gasteiger partial charge on any atom is -0.455 e. The van der Waals surface area contributed by atoms with Gasteiger partial charge in [-0.3, -0.25) is 25.2 Å². The molecule has 1 heterocycles. The number of thiophene rings is 1. The minimum absolute atomic E-state index is 0.126. The summed E-state index contributed by atoms with van der Waals surface area (Å²) >= 11 is 1.44. The smallest absolute Gasteiger partial charge is 0.311 e. The lowest BCUT2D eigenvalue weighted by atomic mass is 10.2. The molecule has 0 radical (unpaired) electrons. The van der Waals surface area contributed by atoms with Crippen LogP contribution in [-0.4, -0.2) is 24.4 Å². The maximum absolute atomic E-state index is 11.7. The summed E-state index contributed by atoms with van der Waals surface area (Å²) in [5.41, 5.74) is 4.84. The zero-order chi connectivity index (χ0) is 15.8. The second-order valence-electron chi connectivity index (χ2n) is 4.29. The number of hydrogen-bond acceptors (Lipinski definition) is 5. The zero-order valence-electron chi connectivity index (χ0n) is 11.6. The molecular weight excluding hydrogens is 304 g/mol. The van der Waals surface area contributed by atoms with Crippen LogP contribution in [0.2, 0.25) is 0 Å². The van der Waals surface area contributed by atoms with E-state index in [0.717, 1.165) is 4.88 Å². The van der Waals surface area contributed by atoms with E-state index in [9.17, 15) is 14.4 Å². The summed E-state index contributed by atoms with van der Waals surface area (Å²) in [6, 6.07) is 12.1. The predicted molar refractivity (Wildman–Crippen MR) is 81.0 cm³/mol. The number of rotatable bonds is 5. The van der Waals surface area contributed by atoms with Crippen LogP contribution in [0.3, 0.4) is 0 Å². The maximum atomic E-state index is 11.7. The van der Waals surface area contributed by atoms with Crippen molar-refractivity contribution in [2.45, 2.75) is 6.42 Å². The molecule has 2 rings (SSSR count). The number of carbonyl (C=O) groups is 3. The van der Waals surface area contributed by atoms with Crippen molar-refractivity contribution in [3.63, 3.8) is 0 Å². The number of amides is 2. The van der Waals surface area contributed by atoms with Crippen molar-refractivity contribution in [2.75, 3.05) is 6.61 Å². The topological polar surface area (TPSA) is 84.5 Å². The molecule has 22 heavy (non-hydrogen) atoms. The van der Waals surface area contributed by atoms with Gasteiger partial charge < -0.3 is 4.74 Å². The Kier molecular flexibility index (Phi) is 5.67. The van der Waals surface area contributed by atoms with Crippen molar-refractivity contribution in [2.24, 2.45) is 0 Å².